The molecule has 4 rings (SSSR count). The number of ether oxygens (including phenoxy) is 3. The second-order valence-corrected chi connectivity index (χ2v) is 8.15. The maximum Gasteiger partial charge on any atom is 0.414 e. The average Bonchev–Trinajstić information content (AvgIpc) is 2.92. The molecule has 34 heavy (non-hydrogen) atoms. The molecule has 9 nitrogen and oxygen atoms in total. The van der Waals surface area contributed by atoms with E-state index in [4.69, 9.17) is 19.3 Å². The lowest BCUT2D eigenvalue weighted by Gasteiger charge is -2.40. The molecule has 2 atom stereocenters. The molecule has 0 fully saturated rings. The van der Waals surface area contributed by atoms with Gasteiger partial charge in [-0.2, -0.15) is 0 Å². The normalized spacial score (nSPS) is 18.7. The molecule has 2 aliphatic heterocycles. The molecule has 0 radical (unpaired) electrons. The summed E-state index contributed by atoms with van der Waals surface area (Å²) in [6.45, 7) is 5.25. The second-order valence-electron chi connectivity index (χ2n) is 8.15. The van der Waals surface area contributed by atoms with Gasteiger partial charge in [-0.05, 0) is 30.5 Å². The first-order valence-corrected chi connectivity index (χ1v) is 10.9. The van der Waals surface area contributed by atoms with Gasteiger partial charge in [0.15, 0.2) is 18.1 Å². The molecule has 0 aromatic heterocycles. The average molecular weight is 466 g/mol. The molecule has 1 unspecified atom stereocenters. The smallest absolute Gasteiger partial charge is 0.414 e. The topological polar surface area (TPSA) is 106 Å². The second kappa shape index (κ2) is 9.46. The Morgan fingerprint density at radius 2 is 1.94 bits per heavy atom. The molecule has 2 amide bonds. The zero-order valence-corrected chi connectivity index (χ0v) is 19.0. The van der Waals surface area contributed by atoms with Gasteiger partial charge in [0.2, 0.25) is 0 Å². The number of anilines is 1. The lowest BCUT2D eigenvalue weighted by atomic mass is 9.90. The summed E-state index contributed by atoms with van der Waals surface area (Å²) in [6, 6.07) is 10.1. The number of amides is 2. The van der Waals surface area contributed by atoms with Gasteiger partial charge >= 0.3 is 12.1 Å². The van der Waals surface area contributed by atoms with E-state index in [0.717, 1.165) is 11.1 Å². The molecule has 0 saturated carbocycles. The molecule has 2 aliphatic rings. The highest BCUT2D eigenvalue weighted by atomic mass is 16.6. The van der Waals surface area contributed by atoms with Gasteiger partial charge in [-0.25, -0.2) is 9.59 Å². The van der Waals surface area contributed by atoms with Crippen LogP contribution < -0.4 is 14.4 Å². The van der Waals surface area contributed by atoms with Gasteiger partial charge in [-0.3, -0.25) is 9.69 Å². The minimum Gasteiger partial charge on any atom is -0.493 e. The molecule has 9 heteroatoms. The summed E-state index contributed by atoms with van der Waals surface area (Å²) >= 11 is 0. The minimum absolute atomic E-state index is 0.00106. The van der Waals surface area contributed by atoms with E-state index in [1.165, 1.54) is 30.2 Å². The van der Waals surface area contributed by atoms with Crippen molar-refractivity contribution in [3.05, 3.63) is 65.7 Å². The lowest BCUT2D eigenvalue weighted by Crippen LogP contribution is -2.54. The Morgan fingerprint density at radius 3 is 2.62 bits per heavy atom. The van der Waals surface area contributed by atoms with Gasteiger partial charge in [0.1, 0.15) is 6.61 Å². The predicted molar refractivity (Wildman–Crippen MR) is 123 cm³/mol. The Balaban J connectivity index is 1.86. The van der Waals surface area contributed by atoms with E-state index in [-0.39, 0.29) is 41.3 Å². The summed E-state index contributed by atoms with van der Waals surface area (Å²) < 4.78 is 16.1. The number of rotatable bonds is 6. The molecule has 0 bridgehead atoms. The zero-order chi connectivity index (χ0) is 24.4. The Morgan fingerprint density at radius 1 is 1.21 bits per heavy atom. The van der Waals surface area contributed by atoms with E-state index in [9.17, 15) is 14.4 Å². The number of carboxylic acid groups (broad SMARTS) is 1. The van der Waals surface area contributed by atoms with E-state index in [0.29, 0.717) is 13.0 Å². The molecule has 0 aliphatic carbocycles. The highest BCUT2D eigenvalue weighted by Crippen LogP contribution is 2.41. The summed E-state index contributed by atoms with van der Waals surface area (Å²) in [5.41, 5.74) is 2.68. The number of carboxylic acids is 1. The standard InChI is InChI=1S/C25H26N2O7/c1-4-9-33-25(31)27-15(2)19-10-16-7-5-6-8-17(16)13-26(19)24(30)18-11-21(32-3)22(12-20(18)27)34-14-23(28)29/h4-8,11-12,15,19H,1,9-10,13-14H2,2-3H3,(H,28,29)/t15?,19-/m0/s1. The van der Waals surface area contributed by atoms with Crippen LogP contribution in [0, 0.1) is 0 Å². The maximum absolute atomic E-state index is 13.8. The van der Waals surface area contributed by atoms with Crippen molar-refractivity contribution in [1.82, 2.24) is 4.90 Å². The first-order chi connectivity index (χ1) is 16.3. The highest BCUT2D eigenvalue weighted by Gasteiger charge is 2.44. The first-order valence-electron chi connectivity index (χ1n) is 10.9. The van der Waals surface area contributed by atoms with Gasteiger partial charge < -0.3 is 24.2 Å². The monoisotopic (exact) mass is 466 g/mol. The number of fused-ring (bicyclic) bond motifs is 3. The fourth-order valence-corrected chi connectivity index (χ4v) is 4.54. The predicted octanol–water partition coefficient (Wildman–Crippen LogP) is 3.26. The number of hydrogen-bond donors (Lipinski definition) is 1. The van der Waals surface area contributed by atoms with Crippen LogP contribution in [0.4, 0.5) is 10.5 Å². The molecule has 1 N–H and O–H groups in total. The molecular formula is C25H26N2O7. The van der Waals surface area contributed by atoms with Crippen LogP contribution in [0.5, 0.6) is 11.5 Å². The van der Waals surface area contributed by atoms with Crippen molar-refractivity contribution in [2.24, 2.45) is 0 Å². The van der Waals surface area contributed by atoms with Gasteiger partial charge in [0.25, 0.3) is 5.91 Å². The molecule has 178 valence electrons. The van der Waals surface area contributed by atoms with Crippen LogP contribution in [0.1, 0.15) is 28.4 Å². The van der Waals surface area contributed by atoms with E-state index >= 15 is 0 Å². The van der Waals surface area contributed by atoms with Crippen LogP contribution in [0.2, 0.25) is 0 Å². The third-order valence-electron chi connectivity index (χ3n) is 6.16. The Labute approximate surface area is 197 Å². The zero-order valence-electron chi connectivity index (χ0n) is 19.0. The van der Waals surface area contributed by atoms with E-state index < -0.39 is 24.7 Å². The summed E-state index contributed by atoms with van der Waals surface area (Å²) in [5, 5.41) is 9.05. The van der Waals surface area contributed by atoms with Crippen molar-refractivity contribution in [1.29, 1.82) is 0 Å². The van der Waals surface area contributed by atoms with Gasteiger partial charge in [-0.15, -0.1) is 0 Å². The number of hydrogen-bond acceptors (Lipinski definition) is 6. The largest absolute Gasteiger partial charge is 0.493 e. The fourth-order valence-electron chi connectivity index (χ4n) is 4.54. The first kappa shape index (κ1) is 23.2. The molecule has 2 aromatic rings. The summed E-state index contributed by atoms with van der Waals surface area (Å²) in [5.74, 6) is -1.13. The van der Waals surface area contributed by atoms with Gasteiger partial charge in [0, 0.05) is 12.6 Å². The fraction of sp³-hybridized carbons (Fsp3) is 0.320. The lowest BCUT2D eigenvalue weighted by molar-refractivity contribution is -0.139. The third kappa shape index (κ3) is 4.16. The van der Waals surface area contributed by atoms with Crippen LogP contribution in [0.25, 0.3) is 0 Å². The van der Waals surface area contributed by atoms with Crippen molar-refractivity contribution < 1.29 is 33.7 Å². The molecule has 2 heterocycles. The van der Waals surface area contributed by atoms with Crippen molar-refractivity contribution in [3.63, 3.8) is 0 Å². The van der Waals surface area contributed by atoms with E-state index in [1.54, 1.807) is 4.90 Å². The van der Waals surface area contributed by atoms with E-state index in [1.807, 2.05) is 31.2 Å². The van der Waals surface area contributed by atoms with Crippen LogP contribution in [-0.4, -0.2) is 60.4 Å². The number of carbonyl (C=O) groups excluding carboxylic acids is 2. The summed E-state index contributed by atoms with van der Waals surface area (Å²) in [6.07, 6.45) is 1.39. The SMILES string of the molecule is C=CCOC(=O)N1c2cc(OCC(=O)O)c(OC)cc2C(=O)N2Cc3ccccc3C[C@H]2C1C. The minimum atomic E-state index is -1.17. The number of benzene rings is 2. The Bertz CT molecular complexity index is 1150. The third-order valence-corrected chi connectivity index (χ3v) is 6.16. The number of carbonyl (C=O) groups is 3. The van der Waals surface area contributed by atoms with Crippen LogP contribution in [0.15, 0.2) is 49.1 Å². The van der Waals surface area contributed by atoms with Crippen LogP contribution in [-0.2, 0) is 22.5 Å². The highest BCUT2D eigenvalue weighted by molar-refractivity contribution is 6.06. The van der Waals surface area contributed by atoms with Crippen molar-refractivity contribution in [2.45, 2.75) is 32.0 Å². The number of aliphatic carboxylic acids is 1. The van der Waals surface area contributed by atoms with Crippen molar-refractivity contribution in [2.75, 3.05) is 25.2 Å². The molecule has 0 spiro atoms. The van der Waals surface area contributed by atoms with Crippen molar-refractivity contribution >= 4 is 23.7 Å². The molecular weight excluding hydrogens is 440 g/mol. The molecule has 0 saturated heterocycles. The van der Waals surface area contributed by atoms with Crippen molar-refractivity contribution in [3.8, 4) is 11.5 Å². The Kier molecular flexibility index (Phi) is 6.45. The number of nitrogens with zero attached hydrogens (tertiary/aromatic N) is 2. The Hall–Kier alpha value is -4.01. The maximum atomic E-state index is 13.8. The van der Waals surface area contributed by atoms with Gasteiger partial charge in [-0.1, -0.05) is 36.9 Å². The van der Waals surface area contributed by atoms with E-state index in [2.05, 4.69) is 6.58 Å². The van der Waals surface area contributed by atoms with Crippen LogP contribution in [0.3, 0.4) is 0 Å². The quantitative estimate of drug-likeness (QED) is 0.652. The van der Waals surface area contributed by atoms with Crippen LogP contribution >= 0.6 is 0 Å². The summed E-state index contributed by atoms with van der Waals surface area (Å²) in [7, 11) is 1.40. The number of methoxy groups -OCH3 is 1. The summed E-state index contributed by atoms with van der Waals surface area (Å²) in [4.78, 5) is 41.3. The molecule has 2 aromatic carbocycles. The van der Waals surface area contributed by atoms with Gasteiger partial charge in [0.05, 0.1) is 30.4 Å².